The molecular weight excluding hydrogens is 391 g/mol. The molecule has 1 atom stereocenters. The predicted octanol–water partition coefficient (Wildman–Crippen LogP) is 4.48. The summed E-state index contributed by atoms with van der Waals surface area (Å²) in [6.45, 7) is 7.81. The summed E-state index contributed by atoms with van der Waals surface area (Å²) in [6, 6.07) is 15.2. The molecule has 5 nitrogen and oxygen atoms in total. The van der Waals surface area contributed by atoms with Crippen LogP contribution in [0, 0.1) is 12.7 Å². The molecule has 2 heterocycles. The van der Waals surface area contributed by atoms with Crippen molar-refractivity contribution in [1.82, 2.24) is 20.0 Å². The standard InChI is InChI=1S/C25H29FN4O/c1-17(2)29(16-22-10-11-24(31)27-22)14-20-15-30(23-9-4-6-18(3)12-23)28-25(20)19-7-5-8-21(26)13-19/h4-9,12-13,15,17,22H,10-11,14,16H2,1-3H3,(H,27,31)/t22-/m1/s1. The van der Waals surface area contributed by atoms with E-state index in [4.69, 9.17) is 5.10 Å². The highest BCUT2D eigenvalue weighted by Gasteiger charge is 2.25. The molecule has 1 aliphatic rings. The van der Waals surface area contributed by atoms with Gasteiger partial charge in [0.2, 0.25) is 5.91 Å². The summed E-state index contributed by atoms with van der Waals surface area (Å²) < 4.78 is 15.9. The second-order valence-electron chi connectivity index (χ2n) is 8.62. The van der Waals surface area contributed by atoms with Crippen LogP contribution in [0.5, 0.6) is 0 Å². The Morgan fingerprint density at radius 2 is 2.03 bits per heavy atom. The fourth-order valence-electron chi connectivity index (χ4n) is 4.08. The summed E-state index contributed by atoms with van der Waals surface area (Å²) in [5.41, 5.74) is 4.71. The van der Waals surface area contributed by atoms with Gasteiger partial charge >= 0.3 is 0 Å². The predicted molar refractivity (Wildman–Crippen MR) is 120 cm³/mol. The zero-order valence-electron chi connectivity index (χ0n) is 18.3. The van der Waals surface area contributed by atoms with Gasteiger partial charge in [-0.05, 0) is 57.0 Å². The molecule has 1 aromatic heterocycles. The molecule has 0 radical (unpaired) electrons. The Labute approximate surface area is 182 Å². The van der Waals surface area contributed by atoms with Crippen LogP contribution in [0.25, 0.3) is 16.9 Å². The number of halogens is 1. The van der Waals surface area contributed by atoms with Crippen LogP contribution in [0.1, 0.15) is 37.8 Å². The molecule has 2 aromatic carbocycles. The third kappa shape index (κ3) is 5.02. The lowest BCUT2D eigenvalue weighted by molar-refractivity contribution is -0.119. The molecule has 3 aromatic rings. The van der Waals surface area contributed by atoms with Crippen LogP contribution in [0.15, 0.2) is 54.7 Å². The van der Waals surface area contributed by atoms with Gasteiger partial charge in [0, 0.05) is 48.9 Å². The first kappa shape index (κ1) is 21.2. The number of hydrogen-bond donors (Lipinski definition) is 1. The van der Waals surface area contributed by atoms with Crippen molar-refractivity contribution < 1.29 is 9.18 Å². The summed E-state index contributed by atoms with van der Waals surface area (Å²) >= 11 is 0. The molecule has 0 spiro atoms. The molecule has 6 heteroatoms. The van der Waals surface area contributed by atoms with E-state index in [0.29, 0.717) is 19.0 Å². The Hall–Kier alpha value is -2.99. The topological polar surface area (TPSA) is 50.2 Å². The average Bonchev–Trinajstić information content (AvgIpc) is 3.33. The first-order valence-corrected chi connectivity index (χ1v) is 10.8. The SMILES string of the molecule is Cc1cccc(-n2cc(CN(C[C@H]3CCC(=O)N3)C(C)C)c(-c3cccc(F)c3)n2)c1. The van der Waals surface area contributed by atoms with Crippen LogP contribution in [-0.4, -0.2) is 39.2 Å². The highest BCUT2D eigenvalue weighted by molar-refractivity contribution is 5.78. The summed E-state index contributed by atoms with van der Waals surface area (Å²) in [7, 11) is 0. The minimum atomic E-state index is -0.275. The Kier molecular flexibility index (Phi) is 6.18. The number of aromatic nitrogens is 2. The Balaban J connectivity index is 1.69. The van der Waals surface area contributed by atoms with E-state index in [1.807, 2.05) is 29.1 Å². The number of rotatable bonds is 7. The Bertz CT molecular complexity index is 1070. The molecule has 0 unspecified atom stereocenters. The van der Waals surface area contributed by atoms with Crippen molar-refractivity contribution >= 4 is 5.91 Å². The van der Waals surface area contributed by atoms with Crippen molar-refractivity contribution in [2.24, 2.45) is 0 Å². The van der Waals surface area contributed by atoms with Crippen LogP contribution in [0.3, 0.4) is 0 Å². The van der Waals surface area contributed by atoms with Crippen molar-refractivity contribution in [3.8, 4) is 16.9 Å². The Morgan fingerprint density at radius 3 is 2.71 bits per heavy atom. The van der Waals surface area contributed by atoms with Gasteiger partial charge in [-0.15, -0.1) is 0 Å². The van der Waals surface area contributed by atoms with Gasteiger partial charge in [0.25, 0.3) is 0 Å². The molecule has 0 bridgehead atoms. The molecule has 1 N–H and O–H groups in total. The number of carbonyl (C=O) groups is 1. The Morgan fingerprint density at radius 1 is 1.23 bits per heavy atom. The lowest BCUT2D eigenvalue weighted by Crippen LogP contribution is -2.41. The number of hydrogen-bond acceptors (Lipinski definition) is 3. The van der Waals surface area contributed by atoms with E-state index in [2.05, 4.69) is 43.1 Å². The third-order valence-electron chi connectivity index (χ3n) is 5.80. The minimum absolute atomic E-state index is 0.126. The molecule has 4 rings (SSSR count). The number of benzene rings is 2. The third-order valence-corrected chi connectivity index (χ3v) is 5.80. The van der Waals surface area contributed by atoms with Crippen molar-refractivity contribution in [1.29, 1.82) is 0 Å². The fourth-order valence-corrected chi connectivity index (χ4v) is 4.08. The van der Waals surface area contributed by atoms with Crippen molar-refractivity contribution in [2.45, 2.75) is 52.2 Å². The van der Waals surface area contributed by atoms with Gasteiger partial charge in [-0.25, -0.2) is 9.07 Å². The number of carbonyl (C=O) groups excluding carboxylic acids is 1. The van der Waals surface area contributed by atoms with Crippen LogP contribution < -0.4 is 5.32 Å². The molecule has 1 aliphatic heterocycles. The lowest BCUT2D eigenvalue weighted by atomic mass is 10.1. The van der Waals surface area contributed by atoms with E-state index in [0.717, 1.165) is 41.0 Å². The second-order valence-corrected chi connectivity index (χ2v) is 8.62. The summed E-state index contributed by atoms with van der Waals surface area (Å²) in [5.74, 6) is -0.149. The van der Waals surface area contributed by atoms with E-state index in [-0.39, 0.29) is 17.8 Å². The second kappa shape index (κ2) is 9.02. The smallest absolute Gasteiger partial charge is 0.220 e. The highest BCUT2D eigenvalue weighted by Crippen LogP contribution is 2.27. The van der Waals surface area contributed by atoms with E-state index in [1.165, 1.54) is 12.1 Å². The van der Waals surface area contributed by atoms with Crippen molar-refractivity contribution in [2.75, 3.05) is 6.54 Å². The molecule has 0 saturated carbocycles. The van der Waals surface area contributed by atoms with Gasteiger partial charge < -0.3 is 5.32 Å². The van der Waals surface area contributed by atoms with E-state index < -0.39 is 0 Å². The monoisotopic (exact) mass is 420 g/mol. The van der Waals surface area contributed by atoms with Gasteiger partial charge in [0.05, 0.1) is 11.4 Å². The molecule has 1 fully saturated rings. The molecule has 0 aliphatic carbocycles. The molecular formula is C25H29FN4O. The maximum atomic E-state index is 14.0. The molecule has 31 heavy (non-hydrogen) atoms. The maximum absolute atomic E-state index is 14.0. The quantitative estimate of drug-likeness (QED) is 0.613. The fraction of sp³-hybridized carbons (Fsp3) is 0.360. The van der Waals surface area contributed by atoms with Gasteiger partial charge in [0.15, 0.2) is 0 Å². The van der Waals surface area contributed by atoms with Crippen molar-refractivity contribution in [3.05, 3.63) is 71.7 Å². The zero-order chi connectivity index (χ0) is 22.0. The largest absolute Gasteiger partial charge is 0.352 e. The highest BCUT2D eigenvalue weighted by atomic mass is 19.1. The van der Waals surface area contributed by atoms with E-state index in [1.54, 1.807) is 6.07 Å². The summed E-state index contributed by atoms with van der Waals surface area (Å²) in [4.78, 5) is 14.0. The van der Waals surface area contributed by atoms with Crippen molar-refractivity contribution in [3.63, 3.8) is 0 Å². The lowest BCUT2D eigenvalue weighted by Gasteiger charge is -2.29. The van der Waals surface area contributed by atoms with Crippen LogP contribution in [0.4, 0.5) is 4.39 Å². The number of aryl methyl sites for hydroxylation is 1. The zero-order valence-corrected chi connectivity index (χ0v) is 18.3. The molecule has 162 valence electrons. The van der Waals surface area contributed by atoms with Gasteiger partial charge in [-0.1, -0.05) is 24.3 Å². The van der Waals surface area contributed by atoms with Crippen LogP contribution >= 0.6 is 0 Å². The van der Waals surface area contributed by atoms with E-state index >= 15 is 0 Å². The maximum Gasteiger partial charge on any atom is 0.220 e. The van der Waals surface area contributed by atoms with Crippen LogP contribution in [0.2, 0.25) is 0 Å². The average molecular weight is 421 g/mol. The number of nitrogens with zero attached hydrogens (tertiary/aromatic N) is 3. The minimum Gasteiger partial charge on any atom is -0.352 e. The summed E-state index contributed by atoms with van der Waals surface area (Å²) in [5, 5.41) is 7.91. The first-order chi connectivity index (χ1) is 14.9. The van der Waals surface area contributed by atoms with E-state index in [9.17, 15) is 9.18 Å². The molecule has 1 amide bonds. The summed E-state index contributed by atoms with van der Waals surface area (Å²) in [6.07, 6.45) is 3.50. The first-order valence-electron chi connectivity index (χ1n) is 10.8. The van der Waals surface area contributed by atoms with Gasteiger partial charge in [-0.3, -0.25) is 9.69 Å². The van der Waals surface area contributed by atoms with Crippen LogP contribution in [-0.2, 0) is 11.3 Å². The van der Waals surface area contributed by atoms with Gasteiger partial charge in [0.1, 0.15) is 5.82 Å². The normalized spacial score (nSPS) is 16.3. The number of amides is 1. The number of nitrogens with one attached hydrogen (secondary N) is 1. The molecule has 1 saturated heterocycles. The van der Waals surface area contributed by atoms with Gasteiger partial charge in [-0.2, -0.15) is 5.10 Å².